The maximum Gasteiger partial charge on any atom is 0.432 e. The van der Waals surface area contributed by atoms with Crippen LogP contribution in [0.2, 0.25) is 0 Å². The number of nitrogens with zero attached hydrogens (tertiary/aromatic N) is 5. The van der Waals surface area contributed by atoms with Crippen molar-refractivity contribution in [3.63, 3.8) is 0 Å². The zero-order valence-corrected chi connectivity index (χ0v) is 15.7. The molecule has 0 radical (unpaired) electrons. The van der Waals surface area contributed by atoms with Crippen LogP contribution in [0.4, 0.5) is 4.79 Å². The van der Waals surface area contributed by atoms with Crippen LogP contribution < -0.4 is 10.2 Å². The van der Waals surface area contributed by atoms with Crippen LogP contribution in [0, 0.1) is 20.8 Å². The summed E-state index contributed by atoms with van der Waals surface area (Å²) in [6.45, 7) is 5.62. The predicted molar refractivity (Wildman–Crippen MR) is 102 cm³/mol. The third-order valence-electron chi connectivity index (χ3n) is 3.92. The normalized spacial score (nSPS) is 10.9. The second-order valence-corrected chi connectivity index (χ2v) is 6.85. The molecule has 4 rings (SSSR count). The molecule has 1 N–H and O–H groups in total. The Labute approximate surface area is 158 Å². The van der Waals surface area contributed by atoms with Crippen molar-refractivity contribution in [2.75, 3.05) is 5.43 Å². The largest absolute Gasteiger partial charge is 0.432 e. The third kappa shape index (κ3) is 3.36. The minimum atomic E-state index is -0.651. The molecule has 0 unspecified atom stereocenters. The standard InChI is InChI=1S/C18H16N6O2S/c1-10-8-24(16-13(10)5-4-6-19-16)23-18(25)26-14-7-20-15(22-12(14)3)17-21-11(2)9-27-17/h4-9H,1-3H3,(H,23,25). The van der Waals surface area contributed by atoms with Crippen LogP contribution in [0.15, 0.2) is 36.1 Å². The Morgan fingerprint density at radius 1 is 1.22 bits per heavy atom. The van der Waals surface area contributed by atoms with E-state index in [-0.39, 0.29) is 5.75 Å². The highest BCUT2D eigenvalue weighted by Crippen LogP contribution is 2.23. The molecular weight excluding hydrogens is 364 g/mol. The van der Waals surface area contributed by atoms with Crippen LogP contribution >= 0.6 is 11.3 Å². The molecule has 8 nitrogen and oxygen atoms in total. The summed E-state index contributed by atoms with van der Waals surface area (Å²) in [6, 6.07) is 3.79. The van der Waals surface area contributed by atoms with Crippen LogP contribution in [0.5, 0.6) is 5.75 Å². The highest BCUT2D eigenvalue weighted by atomic mass is 32.1. The number of amides is 1. The van der Waals surface area contributed by atoms with E-state index < -0.39 is 6.09 Å². The second kappa shape index (κ2) is 6.76. The zero-order chi connectivity index (χ0) is 19.0. The van der Waals surface area contributed by atoms with Crippen molar-refractivity contribution >= 4 is 28.5 Å². The molecule has 136 valence electrons. The SMILES string of the molecule is Cc1csc(-c2ncc(OC(=O)Nn3cc(C)c4cccnc43)c(C)n2)n1. The zero-order valence-electron chi connectivity index (χ0n) is 14.9. The Bertz CT molecular complexity index is 1150. The number of hydrogen-bond acceptors (Lipinski definition) is 7. The van der Waals surface area contributed by atoms with Crippen LogP contribution in [-0.4, -0.2) is 30.7 Å². The number of aromatic nitrogens is 5. The van der Waals surface area contributed by atoms with Gasteiger partial charge < -0.3 is 4.74 Å². The van der Waals surface area contributed by atoms with Crippen molar-refractivity contribution in [2.45, 2.75) is 20.8 Å². The van der Waals surface area contributed by atoms with Gasteiger partial charge in [-0.05, 0) is 38.5 Å². The van der Waals surface area contributed by atoms with Crippen molar-refractivity contribution in [1.29, 1.82) is 0 Å². The number of nitrogens with one attached hydrogen (secondary N) is 1. The van der Waals surface area contributed by atoms with Gasteiger partial charge >= 0.3 is 6.09 Å². The number of pyridine rings is 1. The van der Waals surface area contributed by atoms with Gasteiger partial charge in [-0.1, -0.05) is 0 Å². The number of carbonyl (C=O) groups is 1. The van der Waals surface area contributed by atoms with Crippen molar-refractivity contribution in [3.8, 4) is 16.6 Å². The summed E-state index contributed by atoms with van der Waals surface area (Å²) in [6.07, 6.45) is 4.28. The molecule has 4 heterocycles. The Morgan fingerprint density at radius 2 is 2.07 bits per heavy atom. The van der Waals surface area contributed by atoms with Crippen LogP contribution in [0.1, 0.15) is 17.0 Å². The smallest absolute Gasteiger partial charge is 0.406 e. The maximum absolute atomic E-state index is 12.3. The number of rotatable bonds is 3. The quantitative estimate of drug-likeness (QED) is 0.583. The van der Waals surface area contributed by atoms with Gasteiger partial charge in [0, 0.05) is 28.9 Å². The Morgan fingerprint density at radius 3 is 2.81 bits per heavy atom. The van der Waals surface area contributed by atoms with Gasteiger partial charge in [-0.25, -0.2) is 34.8 Å². The Kier molecular flexibility index (Phi) is 4.28. The molecule has 0 fully saturated rings. The molecule has 4 aromatic rings. The molecule has 0 aliphatic carbocycles. The third-order valence-corrected chi connectivity index (χ3v) is 4.88. The van der Waals surface area contributed by atoms with Gasteiger partial charge in [0.05, 0.1) is 11.9 Å². The van der Waals surface area contributed by atoms with E-state index in [1.165, 1.54) is 22.2 Å². The molecule has 0 spiro atoms. The summed E-state index contributed by atoms with van der Waals surface area (Å²) >= 11 is 1.47. The van der Waals surface area contributed by atoms with E-state index in [9.17, 15) is 4.79 Å². The first-order chi connectivity index (χ1) is 13.0. The fourth-order valence-electron chi connectivity index (χ4n) is 2.64. The topological polar surface area (TPSA) is 94.8 Å². The Hall–Kier alpha value is -3.33. The van der Waals surface area contributed by atoms with E-state index >= 15 is 0 Å². The summed E-state index contributed by atoms with van der Waals surface area (Å²) in [5.74, 6) is 0.792. The van der Waals surface area contributed by atoms with E-state index in [0.717, 1.165) is 21.7 Å². The number of thiazole rings is 1. The maximum atomic E-state index is 12.3. The van der Waals surface area contributed by atoms with Crippen molar-refractivity contribution in [1.82, 2.24) is 24.6 Å². The lowest BCUT2D eigenvalue weighted by Crippen LogP contribution is -2.26. The van der Waals surface area contributed by atoms with Crippen molar-refractivity contribution in [2.24, 2.45) is 0 Å². The molecule has 0 aliphatic heterocycles. The monoisotopic (exact) mass is 380 g/mol. The molecule has 0 saturated heterocycles. The molecule has 27 heavy (non-hydrogen) atoms. The first-order valence-electron chi connectivity index (χ1n) is 8.19. The summed E-state index contributed by atoms with van der Waals surface area (Å²) in [7, 11) is 0. The molecule has 0 aromatic carbocycles. The minimum Gasteiger partial charge on any atom is -0.406 e. The molecular formula is C18H16N6O2S. The highest BCUT2D eigenvalue weighted by molar-refractivity contribution is 7.13. The highest BCUT2D eigenvalue weighted by Gasteiger charge is 2.14. The number of aryl methyl sites for hydroxylation is 3. The molecule has 9 heteroatoms. The van der Waals surface area contributed by atoms with Crippen LogP contribution in [0.3, 0.4) is 0 Å². The number of carbonyl (C=O) groups excluding carboxylic acids is 1. The fraction of sp³-hybridized carbons (Fsp3) is 0.167. The summed E-state index contributed by atoms with van der Waals surface area (Å²) in [5.41, 5.74) is 5.77. The molecule has 0 bridgehead atoms. The molecule has 0 atom stereocenters. The Balaban J connectivity index is 1.52. The predicted octanol–water partition coefficient (Wildman–Crippen LogP) is 3.62. The lowest BCUT2D eigenvalue weighted by atomic mass is 10.2. The molecule has 0 aliphatic rings. The van der Waals surface area contributed by atoms with E-state index in [1.54, 1.807) is 19.3 Å². The van der Waals surface area contributed by atoms with E-state index in [0.29, 0.717) is 17.2 Å². The number of ether oxygens (including phenoxy) is 1. The van der Waals surface area contributed by atoms with Gasteiger partial charge in [0.1, 0.15) is 0 Å². The van der Waals surface area contributed by atoms with Gasteiger partial charge in [0.15, 0.2) is 22.2 Å². The lowest BCUT2D eigenvalue weighted by molar-refractivity contribution is 0.211. The molecule has 0 saturated carbocycles. The van der Waals surface area contributed by atoms with Crippen molar-refractivity contribution < 1.29 is 9.53 Å². The lowest BCUT2D eigenvalue weighted by Gasteiger charge is -2.09. The van der Waals surface area contributed by atoms with E-state index in [2.05, 4.69) is 25.4 Å². The summed E-state index contributed by atoms with van der Waals surface area (Å²) in [5, 5.41) is 3.62. The number of hydrogen-bond donors (Lipinski definition) is 1. The second-order valence-electron chi connectivity index (χ2n) is 6.00. The van der Waals surface area contributed by atoms with Gasteiger partial charge in [-0.15, -0.1) is 11.3 Å². The summed E-state index contributed by atoms with van der Waals surface area (Å²) < 4.78 is 6.90. The van der Waals surface area contributed by atoms with Crippen LogP contribution in [0.25, 0.3) is 21.9 Å². The molecule has 1 amide bonds. The van der Waals surface area contributed by atoms with Gasteiger partial charge in [0.2, 0.25) is 0 Å². The van der Waals surface area contributed by atoms with Gasteiger partial charge in [-0.3, -0.25) is 0 Å². The van der Waals surface area contributed by atoms with E-state index in [4.69, 9.17) is 4.74 Å². The van der Waals surface area contributed by atoms with Crippen molar-refractivity contribution in [3.05, 3.63) is 53.1 Å². The summed E-state index contributed by atoms with van der Waals surface area (Å²) in [4.78, 5) is 29.6. The molecule has 4 aromatic heterocycles. The first kappa shape index (κ1) is 17.1. The van der Waals surface area contributed by atoms with E-state index in [1.807, 2.05) is 31.4 Å². The minimum absolute atomic E-state index is 0.283. The van der Waals surface area contributed by atoms with Crippen LogP contribution in [-0.2, 0) is 0 Å². The average molecular weight is 380 g/mol. The van der Waals surface area contributed by atoms with Gasteiger partial charge in [-0.2, -0.15) is 0 Å². The average Bonchev–Trinajstić information content (AvgIpc) is 3.21. The van der Waals surface area contributed by atoms with Gasteiger partial charge in [0.25, 0.3) is 0 Å². The fourth-order valence-corrected chi connectivity index (χ4v) is 3.38. The first-order valence-corrected chi connectivity index (χ1v) is 9.07. The number of fused-ring (bicyclic) bond motifs is 1.